The van der Waals surface area contributed by atoms with Gasteiger partial charge in [-0.3, -0.25) is 14.3 Å². The van der Waals surface area contributed by atoms with E-state index in [0.717, 1.165) is 29.8 Å². The molecule has 3 aromatic rings. The quantitative estimate of drug-likeness (QED) is 0.513. The Bertz CT molecular complexity index is 1040. The van der Waals surface area contributed by atoms with E-state index in [1.54, 1.807) is 4.68 Å². The lowest BCUT2D eigenvalue weighted by molar-refractivity contribution is -0.119. The Morgan fingerprint density at radius 3 is 2.57 bits per heavy atom. The van der Waals surface area contributed by atoms with Crippen molar-refractivity contribution in [3.05, 3.63) is 51.6 Å². The molecule has 0 saturated heterocycles. The number of nitrogens with one attached hydrogen (secondary N) is 2. The molecule has 9 heteroatoms. The monoisotopic (exact) mass is 445 g/mol. The number of anilines is 1. The third-order valence-corrected chi connectivity index (χ3v) is 5.91. The summed E-state index contributed by atoms with van der Waals surface area (Å²) in [5, 5.41) is 12.9. The number of amides is 2. The van der Waals surface area contributed by atoms with Gasteiger partial charge in [-0.1, -0.05) is 35.9 Å². The normalized spacial score (nSPS) is 10.8. The maximum absolute atomic E-state index is 12.3. The van der Waals surface area contributed by atoms with Crippen LogP contribution in [-0.2, 0) is 22.6 Å². The molecule has 0 spiro atoms. The number of nitrogens with zero attached hydrogens (tertiary/aromatic N) is 3. The summed E-state index contributed by atoms with van der Waals surface area (Å²) in [7, 11) is 0. The molecule has 0 radical (unpaired) electrons. The first-order valence-electron chi connectivity index (χ1n) is 9.62. The van der Waals surface area contributed by atoms with Crippen molar-refractivity contribution in [3.63, 3.8) is 0 Å². The van der Waals surface area contributed by atoms with Gasteiger partial charge >= 0.3 is 0 Å². The molecule has 0 fully saturated rings. The molecule has 2 aromatic heterocycles. The number of aromatic nitrogens is 3. The van der Waals surface area contributed by atoms with Gasteiger partial charge in [0.2, 0.25) is 11.8 Å². The Labute approximate surface area is 184 Å². The minimum absolute atomic E-state index is 0.00422. The average Bonchev–Trinajstić information content (AvgIpc) is 3.26. The number of benzene rings is 1. The summed E-state index contributed by atoms with van der Waals surface area (Å²) in [5.74, 6) is -0.205. The zero-order chi connectivity index (χ0) is 21.7. The molecule has 0 aliphatic carbocycles. The molecule has 7 nitrogen and oxygen atoms in total. The molecule has 0 bridgehead atoms. The SMILES string of the molecule is CC(=O)NCCCc1ccc(-c2csc(NC(=O)Cn3nc(C)c(Cl)c3C)n2)cc1. The predicted octanol–water partition coefficient (Wildman–Crippen LogP) is 3.98. The summed E-state index contributed by atoms with van der Waals surface area (Å²) in [6.07, 6.45) is 1.79. The van der Waals surface area contributed by atoms with Gasteiger partial charge in [0.05, 0.1) is 22.1 Å². The minimum Gasteiger partial charge on any atom is -0.356 e. The number of aryl methyl sites for hydroxylation is 2. The Morgan fingerprint density at radius 1 is 1.20 bits per heavy atom. The highest BCUT2D eigenvalue weighted by Gasteiger charge is 2.14. The Hall–Kier alpha value is -2.71. The third kappa shape index (κ3) is 5.67. The van der Waals surface area contributed by atoms with E-state index in [4.69, 9.17) is 11.6 Å². The van der Waals surface area contributed by atoms with E-state index in [0.29, 0.717) is 22.4 Å². The molecule has 0 saturated carbocycles. The molecule has 1 aromatic carbocycles. The van der Waals surface area contributed by atoms with Crippen LogP contribution in [0.5, 0.6) is 0 Å². The van der Waals surface area contributed by atoms with Crippen LogP contribution in [0.2, 0.25) is 5.02 Å². The second-order valence-electron chi connectivity index (χ2n) is 7.01. The highest BCUT2D eigenvalue weighted by atomic mass is 35.5. The zero-order valence-corrected chi connectivity index (χ0v) is 18.7. The van der Waals surface area contributed by atoms with Crippen molar-refractivity contribution < 1.29 is 9.59 Å². The zero-order valence-electron chi connectivity index (χ0n) is 17.2. The predicted molar refractivity (Wildman–Crippen MR) is 120 cm³/mol. The first-order valence-corrected chi connectivity index (χ1v) is 10.9. The fraction of sp³-hybridized carbons (Fsp3) is 0.333. The summed E-state index contributed by atoms with van der Waals surface area (Å²) in [6, 6.07) is 8.17. The number of halogens is 1. The van der Waals surface area contributed by atoms with Gasteiger partial charge < -0.3 is 10.6 Å². The van der Waals surface area contributed by atoms with Crippen molar-refractivity contribution in [2.75, 3.05) is 11.9 Å². The number of carbonyl (C=O) groups excluding carboxylic acids is 2. The summed E-state index contributed by atoms with van der Waals surface area (Å²) in [5.41, 5.74) is 4.48. The molecule has 2 amide bonds. The van der Waals surface area contributed by atoms with Gasteiger partial charge in [0.25, 0.3) is 0 Å². The van der Waals surface area contributed by atoms with Crippen LogP contribution in [0, 0.1) is 13.8 Å². The van der Waals surface area contributed by atoms with Crippen LogP contribution in [0.3, 0.4) is 0 Å². The molecule has 0 atom stereocenters. The molecular weight excluding hydrogens is 422 g/mol. The molecular formula is C21H24ClN5O2S. The van der Waals surface area contributed by atoms with Crippen LogP contribution in [0.4, 0.5) is 5.13 Å². The highest BCUT2D eigenvalue weighted by molar-refractivity contribution is 7.14. The molecule has 2 N–H and O–H groups in total. The van der Waals surface area contributed by atoms with Gasteiger partial charge in [-0.05, 0) is 32.3 Å². The lowest BCUT2D eigenvalue weighted by Gasteiger charge is -2.05. The van der Waals surface area contributed by atoms with Crippen LogP contribution >= 0.6 is 22.9 Å². The van der Waals surface area contributed by atoms with Crippen molar-refractivity contribution in [2.45, 2.75) is 40.2 Å². The summed E-state index contributed by atoms with van der Waals surface area (Å²) in [6.45, 7) is 5.93. The number of carbonyl (C=O) groups is 2. The standard InChI is InChI=1S/C21H24ClN5O2S/c1-13-20(22)14(2)27(26-13)11-19(29)25-21-24-18(12-30-21)17-8-6-16(7-9-17)5-4-10-23-15(3)28/h6-9,12H,4-5,10-11H2,1-3H3,(H,23,28)(H,24,25,29). The maximum Gasteiger partial charge on any atom is 0.247 e. The largest absolute Gasteiger partial charge is 0.356 e. The van der Waals surface area contributed by atoms with Crippen molar-refractivity contribution in [3.8, 4) is 11.3 Å². The van der Waals surface area contributed by atoms with Crippen molar-refractivity contribution in [1.82, 2.24) is 20.1 Å². The number of hydrogen-bond donors (Lipinski definition) is 2. The molecule has 2 heterocycles. The number of thiazole rings is 1. The Balaban J connectivity index is 1.55. The number of hydrogen-bond acceptors (Lipinski definition) is 5. The van der Waals surface area contributed by atoms with E-state index in [2.05, 4.69) is 32.8 Å². The third-order valence-electron chi connectivity index (χ3n) is 4.60. The lowest BCUT2D eigenvalue weighted by Crippen LogP contribution is -2.21. The molecule has 30 heavy (non-hydrogen) atoms. The van der Waals surface area contributed by atoms with Crippen LogP contribution in [0.15, 0.2) is 29.6 Å². The molecule has 0 aliphatic heterocycles. The summed E-state index contributed by atoms with van der Waals surface area (Å²) in [4.78, 5) is 27.7. The van der Waals surface area contributed by atoms with E-state index >= 15 is 0 Å². The Kier molecular flexibility index (Phi) is 7.23. The molecule has 158 valence electrons. The van der Waals surface area contributed by atoms with Crippen LogP contribution < -0.4 is 10.6 Å². The second-order valence-corrected chi connectivity index (χ2v) is 8.25. The van der Waals surface area contributed by atoms with Crippen molar-refractivity contribution in [2.24, 2.45) is 0 Å². The Morgan fingerprint density at radius 2 is 1.93 bits per heavy atom. The topological polar surface area (TPSA) is 88.9 Å². The van der Waals surface area contributed by atoms with E-state index in [9.17, 15) is 9.59 Å². The van der Waals surface area contributed by atoms with E-state index < -0.39 is 0 Å². The van der Waals surface area contributed by atoms with Gasteiger partial charge in [0, 0.05) is 24.4 Å². The fourth-order valence-corrected chi connectivity index (χ4v) is 3.86. The van der Waals surface area contributed by atoms with Crippen LogP contribution in [0.1, 0.15) is 30.3 Å². The maximum atomic E-state index is 12.3. The lowest BCUT2D eigenvalue weighted by atomic mass is 10.1. The molecule has 3 rings (SSSR count). The van der Waals surface area contributed by atoms with Crippen LogP contribution in [-0.4, -0.2) is 33.1 Å². The van der Waals surface area contributed by atoms with Gasteiger partial charge in [-0.15, -0.1) is 11.3 Å². The second kappa shape index (κ2) is 9.86. The van der Waals surface area contributed by atoms with Gasteiger partial charge in [0.1, 0.15) is 6.54 Å². The smallest absolute Gasteiger partial charge is 0.247 e. The van der Waals surface area contributed by atoms with Gasteiger partial charge in [-0.2, -0.15) is 5.10 Å². The highest BCUT2D eigenvalue weighted by Crippen LogP contribution is 2.25. The minimum atomic E-state index is -0.201. The first-order chi connectivity index (χ1) is 14.3. The van der Waals surface area contributed by atoms with Crippen molar-refractivity contribution >= 4 is 39.9 Å². The molecule has 0 aliphatic rings. The van der Waals surface area contributed by atoms with E-state index in [1.807, 2.05) is 31.4 Å². The van der Waals surface area contributed by atoms with E-state index in [-0.39, 0.29) is 18.4 Å². The average molecular weight is 446 g/mol. The van der Waals surface area contributed by atoms with Gasteiger partial charge in [0.15, 0.2) is 5.13 Å². The first kappa shape index (κ1) is 22.0. The summed E-state index contributed by atoms with van der Waals surface area (Å²) >= 11 is 7.51. The van der Waals surface area contributed by atoms with Crippen LogP contribution in [0.25, 0.3) is 11.3 Å². The van der Waals surface area contributed by atoms with Gasteiger partial charge in [-0.25, -0.2) is 4.98 Å². The van der Waals surface area contributed by atoms with E-state index in [1.165, 1.54) is 23.8 Å². The van der Waals surface area contributed by atoms with Crippen molar-refractivity contribution in [1.29, 1.82) is 0 Å². The summed E-state index contributed by atoms with van der Waals surface area (Å²) < 4.78 is 1.59. The fourth-order valence-electron chi connectivity index (χ4n) is 2.99. The number of rotatable bonds is 8. The molecule has 0 unspecified atom stereocenters.